The van der Waals surface area contributed by atoms with Crippen molar-refractivity contribution in [3.05, 3.63) is 59.7 Å². The first-order valence-corrected chi connectivity index (χ1v) is 9.59. The number of amides is 1. The zero-order valence-electron chi connectivity index (χ0n) is 16.1. The molecule has 1 saturated heterocycles. The Hall–Kier alpha value is -2.93. The molecule has 0 unspecified atom stereocenters. The summed E-state index contributed by atoms with van der Waals surface area (Å²) in [6, 6.07) is 15.6. The number of nitrogens with one attached hydrogen (secondary N) is 2. The molecule has 3 rings (SSSR count). The number of carbonyl (C=O) groups is 1. The molecule has 28 heavy (non-hydrogen) atoms. The van der Waals surface area contributed by atoms with Crippen molar-refractivity contribution in [2.75, 3.05) is 18.6 Å². The van der Waals surface area contributed by atoms with Crippen molar-refractivity contribution in [1.29, 1.82) is 0 Å². The Morgan fingerprint density at radius 2 is 2.04 bits per heavy atom. The predicted molar refractivity (Wildman–Crippen MR) is 116 cm³/mol. The Balaban J connectivity index is 1.56. The third kappa shape index (κ3) is 5.07. The van der Waals surface area contributed by atoms with Gasteiger partial charge < -0.3 is 15.0 Å². The Kier molecular flexibility index (Phi) is 6.60. The third-order valence-electron chi connectivity index (χ3n) is 4.59. The molecule has 1 aliphatic heterocycles. The largest absolute Gasteiger partial charge is 0.497 e. The van der Waals surface area contributed by atoms with Crippen molar-refractivity contribution >= 4 is 34.6 Å². The molecule has 1 heterocycles. The van der Waals surface area contributed by atoms with Crippen LogP contribution in [-0.4, -0.2) is 30.4 Å². The number of anilines is 1. The maximum absolute atomic E-state index is 11.9. The van der Waals surface area contributed by atoms with Gasteiger partial charge in [0.25, 0.3) is 0 Å². The highest BCUT2D eigenvalue weighted by Gasteiger charge is 2.21. The molecule has 0 bridgehead atoms. The lowest BCUT2D eigenvalue weighted by Crippen LogP contribution is -2.32. The summed E-state index contributed by atoms with van der Waals surface area (Å²) in [7, 11) is 1.64. The molecule has 0 atom stereocenters. The second-order valence-electron chi connectivity index (χ2n) is 6.54. The van der Waals surface area contributed by atoms with E-state index in [9.17, 15) is 4.79 Å². The quantitative estimate of drug-likeness (QED) is 0.446. The number of carbonyl (C=O) groups excluding carboxylic acids is 1. The van der Waals surface area contributed by atoms with E-state index in [0.717, 1.165) is 41.2 Å². The van der Waals surface area contributed by atoms with E-state index < -0.39 is 0 Å². The predicted octanol–water partition coefficient (Wildman–Crippen LogP) is 3.21. The average Bonchev–Trinajstić information content (AvgIpc) is 3.16. The van der Waals surface area contributed by atoms with Crippen LogP contribution in [0.1, 0.15) is 30.9 Å². The minimum Gasteiger partial charge on any atom is -0.497 e. The summed E-state index contributed by atoms with van der Waals surface area (Å²) < 4.78 is 5.15. The number of hydrogen-bond donors (Lipinski definition) is 2. The van der Waals surface area contributed by atoms with Crippen molar-refractivity contribution in [3.63, 3.8) is 0 Å². The first-order valence-electron chi connectivity index (χ1n) is 9.18. The van der Waals surface area contributed by atoms with Crippen LogP contribution in [0.15, 0.2) is 53.6 Å². The van der Waals surface area contributed by atoms with Gasteiger partial charge in [0.15, 0.2) is 5.11 Å². The van der Waals surface area contributed by atoms with Crippen LogP contribution in [0, 0.1) is 0 Å². The zero-order chi connectivity index (χ0) is 19.9. The van der Waals surface area contributed by atoms with Gasteiger partial charge in [-0.3, -0.25) is 10.2 Å². The highest BCUT2D eigenvalue weighted by Crippen LogP contribution is 2.22. The number of hydrazone groups is 1. The lowest BCUT2D eigenvalue weighted by Gasteiger charge is -2.16. The van der Waals surface area contributed by atoms with Crippen molar-refractivity contribution in [2.45, 2.75) is 26.3 Å². The van der Waals surface area contributed by atoms with Crippen molar-refractivity contribution in [3.8, 4) is 5.75 Å². The smallest absolute Gasteiger partial charge is 0.227 e. The van der Waals surface area contributed by atoms with Gasteiger partial charge >= 0.3 is 0 Å². The van der Waals surface area contributed by atoms with E-state index in [-0.39, 0.29) is 5.91 Å². The number of hydrogen-bond acceptors (Lipinski definition) is 4. The third-order valence-corrected chi connectivity index (χ3v) is 4.82. The fourth-order valence-corrected chi connectivity index (χ4v) is 3.10. The molecule has 0 aliphatic carbocycles. The molecule has 0 aromatic heterocycles. The molecule has 7 heteroatoms. The maximum atomic E-state index is 11.9. The van der Waals surface area contributed by atoms with Crippen LogP contribution in [0.2, 0.25) is 0 Å². The van der Waals surface area contributed by atoms with Crippen LogP contribution in [0.5, 0.6) is 5.75 Å². The highest BCUT2D eigenvalue weighted by molar-refractivity contribution is 7.80. The van der Waals surface area contributed by atoms with Gasteiger partial charge in [0.05, 0.1) is 12.8 Å². The molecular weight excluding hydrogens is 372 g/mol. The van der Waals surface area contributed by atoms with Gasteiger partial charge in [0, 0.05) is 25.2 Å². The Bertz CT molecular complexity index is 880. The second kappa shape index (κ2) is 9.32. The Morgan fingerprint density at radius 1 is 1.25 bits per heavy atom. The van der Waals surface area contributed by atoms with E-state index in [1.807, 2.05) is 60.4 Å². The van der Waals surface area contributed by atoms with Crippen LogP contribution in [0.3, 0.4) is 0 Å². The van der Waals surface area contributed by atoms with Gasteiger partial charge in [-0.1, -0.05) is 24.3 Å². The summed E-state index contributed by atoms with van der Waals surface area (Å²) in [5.41, 5.74) is 6.62. The number of thiocarbonyl (C=S) groups is 1. The van der Waals surface area contributed by atoms with E-state index in [1.165, 1.54) is 0 Å². The van der Waals surface area contributed by atoms with Crippen LogP contribution < -0.4 is 20.4 Å². The van der Waals surface area contributed by atoms with Gasteiger partial charge in [0.2, 0.25) is 5.91 Å². The SMILES string of the molecule is COc1ccc(CNC(=S)N/N=C(/C)c2cccc(N3CCCC3=O)c2)cc1. The number of ether oxygens (including phenoxy) is 1. The normalized spacial score (nSPS) is 14.1. The maximum Gasteiger partial charge on any atom is 0.227 e. The molecule has 0 radical (unpaired) electrons. The number of rotatable bonds is 6. The standard InChI is InChI=1S/C21H24N4O2S/c1-15(17-5-3-6-18(13-17)25-12-4-7-20(25)26)23-24-21(28)22-14-16-8-10-19(27-2)11-9-16/h3,5-6,8-11,13H,4,7,12,14H2,1-2H3,(H2,22,24,28)/b23-15-. The molecule has 1 amide bonds. The van der Waals surface area contributed by atoms with Gasteiger partial charge in [0.1, 0.15) is 5.75 Å². The summed E-state index contributed by atoms with van der Waals surface area (Å²) in [4.78, 5) is 13.8. The zero-order valence-corrected chi connectivity index (χ0v) is 16.9. The van der Waals surface area contributed by atoms with Crippen molar-refractivity contribution in [2.24, 2.45) is 5.10 Å². The van der Waals surface area contributed by atoms with Crippen LogP contribution in [-0.2, 0) is 11.3 Å². The summed E-state index contributed by atoms with van der Waals surface area (Å²) in [5.74, 6) is 0.997. The fourth-order valence-electron chi connectivity index (χ4n) is 2.98. The minimum atomic E-state index is 0.175. The summed E-state index contributed by atoms with van der Waals surface area (Å²) in [6.07, 6.45) is 1.53. The minimum absolute atomic E-state index is 0.175. The number of nitrogens with zero attached hydrogens (tertiary/aromatic N) is 2. The van der Waals surface area contributed by atoms with Crippen molar-refractivity contribution < 1.29 is 9.53 Å². The molecule has 0 spiro atoms. The van der Waals surface area contributed by atoms with E-state index >= 15 is 0 Å². The van der Waals surface area contributed by atoms with E-state index in [2.05, 4.69) is 15.8 Å². The molecule has 1 fully saturated rings. The molecule has 2 N–H and O–H groups in total. The number of methoxy groups -OCH3 is 1. The monoisotopic (exact) mass is 396 g/mol. The highest BCUT2D eigenvalue weighted by atomic mass is 32.1. The molecular formula is C21H24N4O2S. The van der Waals surface area contributed by atoms with Gasteiger partial charge in [-0.15, -0.1) is 0 Å². The van der Waals surface area contributed by atoms with E-state index in [0.29, 0.717) is 18.1 Å². The van der Waals surface area contributed by atoms with Gasteiger partial charge in [-0.05, 0) is 61.0 Å². The summed E-state index contributed by atoms with van der Waals surface area (Å²) in [5, 5.41) is 7.93. The molecule has 2 aromatic rings. The molecule has 6 nitrogen and oxygen atoms in total. The summed E-state index contributed by atoms with van der Waals surface area (Å²) in [6.45, 7) is 3.27. The molecule has 1 aliphatic rings. The van der Waals surface area contributed by atoms with Crippen LogP contribution in [0.4, 0.5) is 5.69 Å². The second-order valence-corrected chi connectivity index (χ2v) is 6.95. The Labute approximate surface area is 170 Å². The lowest BCUT2D eigenvalue weighted by atomic mass is 10.1. The van der Waals surface area contributed by atoms with Crippen LogP contribution >= 0.6 is 12.2 Å². The van der Waals surface area contributed by atoms with Crippen molar-refractivity contribution in [1.82, 2.24) is 10.7 Å². The molecule has 146 valence electrons. The fraction of sp³-hybridized carbons (Fsp3) is 0.286. The molecule has 0 saturated carbocycles. The molecule has 2 aromatic carbocycles. The van der Waals surface area contributed by atoms with E-state index in [4.69, 9.17) is 17.0 Å². The van der Waals surface area contributed by atoms with Gasteiger partial charge in [-0.2, -0.15) is 5.10 Å². The van der Waals surface area contributed by atoms with Crippen LogP contribution in [0.25, 0.3) is 0 Å². The lowest BCUT2D eigenvalue weighted by molar-refractivity contribution is -0.117. The Morgan fingerprint density at radius 3 is 2.71 bits per heavy atom. The topological polar surface area (TPSA) is 66.0 Å². The number of benzene rings is 2. The first kappa shape index (κ1) is 19.8. The van der Waals surface area contributed by atoms with E-state index in [1.54, 1.807) is 7.11 Å². The first-order chi connectivity index (χ1) is 13.6. The average molecular weight is 397 g/mol. The summed E-state index contributed by atoms with van der Waals surface area (Å²) >= 11 is 5.29. The van der Waals surface area contributed by atoms with Gasteiger partial charge in [-0.25, -0.2) is 0 Å².